The molecule has 0 bridgehead atoms. The van der Waals surface area contributed by atoms with Gasteiger partial charge in [0, 0.05) is 0 Å². The molecule has 0 radical (unpaired) electrons. The van der Waals surface area contributed by atoms with Crippen LogP contribution in [-0.4, -0.2) is 27.3 Å². The number of benzene rings is 1. The number of hydrogen-bond donors (Lipinski definition) is 1. The van der Waals surface area contributed by atoms with Crippen molar-refractivity contribution in [3.63, 3.8) is 0 Å². The van der Waals surface area contributed by atoms with Crippen molar-refractivity contribution in [1.82, 2.24) is 4.72 Å². The summed E-state index contributed by atoms with van der Waals surface area (Å²) in [5.41, 5.74) is 1.36. The molecule has 2 nitrogen and oxygen atoms in total. The van der Waals surface area contributed by atoms with E-state index in [1.165, 1.54) is 57.4 Å². The molecule has 162 valence electrons. The Morgan fingerprint density at radius 3 is 1.71 bits per heavy atom. The predicted octanol–water partition coefficient (Wildman–Crippen LogP) is 7.93. The molecular weight excluding hydrogens is 537 g/mol. The van der Waals surface area contributed by atoms with Gasteiger partial charge in [-0.05, 0) is 0 Å². The van der Waals surface area contributed by atoms with Crippen molar-refractivity contribution >= 4 is 45.3 Å². The first-order valence-electron chi connectivity index (χ1n) is 11.1. The zero-order valence-corrected chi connectivity index (χ0v) is 24.2. The van der Waals surface area contributed by atoms with Crippen LogP contribution in [0.3, 0.4) is 0 Å². The Morgan fingerprint density at radius 2 is 1.36 bits per heavy atom. The van der Waals surface area contributed by atoms with Crippen molar-refractivity contribution in [2.45, 2.75) is 102 Å². The summed E-state index contributed by atoms with van der Waals surface area (Å²) in [4.78, 5) is 0. The molecule has 0 aliphatic carbocycles. The Kier molecular flexibility index (Phi) is 12.5. The van der Waals surface area contributed by atoms with E-state index in [9.17, 15) is 4.21 Å². The summed E-state index contributed by atoms with van der Waals surface area (Å²) in [6.07, 6.45) is 7.73. The van der Waals surface area contributed by atoms with Gasteiger partial charge in [0.1, 0.15) is 0 Å². The molecule has 0 heterocycles. The van der Waals surface area contributed by atoms with Gasteiger partial charge in [-0.15, -0.1) is 0 Å². The first kappa shape index (κ1) is 26.6. The van der Waals surface area contributed by atoms with Gasteiger partial charge in [-0.3, -0.25) is 0 Å². The molecule has 1 rings (SSSR count). The molecule has 0 spiro atoms. The molecule has 0 saturated carbocycles. The van der Waals surface area contributed by atoms with E-state index in [-0.39, 0.29) is 4.75 Å². The zero-order valence-electron chi connectivity index (χ0n) is 18.9. The zero-order chi connectivity index (χ0) is 21.2. The van der Waals surface area contributed by atoms with Crippen molar-refractivity contribution < 1.29 is 4.21 Å². The van der Waals surface area contributed by atoms with Crippen LogP contribution in [0.2, 0.25) is 13.3 Å². The fourth-order valence-corrected chi connectivity index (χ4v) is 24.4. The maximum absolute atomic E-state index is 13.2. The third kappa shape index (κ3) is 8.39. The van der Waals surface area contributed by atoms with E-state index in [1.807, 2.05) is 0 Å². The van der Waals surface area contributed by atoms with Crippen LogP contribution >= 0.6 is 15.9 Å². The Labute approximate surface area is 189 Å². The van der Waals surface area contributed by atoms with E-state index in [0.29, 0.717) is 4.06 Å². The first-order chi connectivity index (χ1) is 13.2. The summed E-state index contributed by atoms with van der Waals surface area (Å²) >= 11 is 0.932. The predicted molar refractivity (Wildman–Crippen MR) is 133 cm³/mol. The molecule has 0 aliphatic rings. The van der Waals surface area contributed by atoms with Gasteiger partial charge in [0.15, 0.2) is 0 Å². The van der Waals surface area contributed by atoms with E-state index in [4.69, 9.17) is 0 Å². The van der Waals surface area contributed by atoms with Gasteiger partial charge in [-0.2, -0.15) is 0 Å². The van der Waals surface area contributed by atoms with E-state index >= 15 is 0 Å². The molecule has 1 aromatic carbocycles. The Hall–Kier alpha value is 0.609. The summed E-state index contributed by atoms with van der Waals surface area (Å²) in [7, 11) is -1.05. The summed E-state index contributed by atoms with van der Waals surface area (Å²) in [6, 6.07) is 8.83. The number of halogens is 1. The van der Waals surface area contributed by atoms with Crippen molar-refractivity contribution in [3.8, 4) is 0 Å². The second kappa shape index (κ2) is 13.1. The molecule has 5 heteroatoms. The second-order valence-electron chi connectivity index (χ2n) is 9.16. The third-order valence-corrected chi connectivity index (χ3v) is 24.8. The molecule has 0 amide bonds. The Morgan fingerprint density at radius 1 is 0.929 bits per heavy atom. The maximum atomic E-state index is 13.2. The van der Waals surface area contributed by atoms with Crippen molar-refractivity contribution in [2.75, 3.05) is 0 Å². The number of hydrogen-bond acceptors (Lipinski definition) is 1. The molecule has 0 saturated heterocycles. The number of unbranched alkanes of at least 4 members (excludes halogenated alkanes) is 3. The monoisotopic (exact) mass is 579 g/mol. The molecule has 1 N–H and O–H groups in total. The van der Waals surface area contributed by atoms with E-state index in [0.717, 1.165) is 4.47 Å². The van der Waals surface area contributed by atoms with Gasteiger partial charge >= 0.3 is 191 Å². The molecule has 2 atom stereocenters. The topological polar surface area (TPSA) is 29.1 Å². The molecule has 1 aromatic rings. The second-order valence-corrected chi connectivity index (χ2v) is 25.8. The summed E-state index contributed by atoms with van der Waals surface area (Å²) in [5, 5.41) is 0. The van der Waals surface area contributed by atoms with Gasteiger partial charge in [-0.1, -0.05) is 0 Å². The van der Waals surface area contributed by atoms with Crippen LogP contribution in [0.15, 0.2) is 28.7 Å². The van der Waals surface area contributed by atoms with Crippen LogP contribution in [0, 0.1) is 0 Å². The van der Waals surface area contributed by atoms with Gasteiger partial charge in [-0.25, -0.2) is 0 Å². The van der Waals surface area contributed by atoms with Crippen LogP contribution in [0.1, 0.15) is 89.7 Å². The SMILES string of the molecule is CCC[CH2][Sn]([CH2]CCC)([CH2]CCC)[C@H](N[S@](=O)C(C)(C)C)c1ccc(Br)cc1. The fraction of sp³-hybridized carbons (Fsp3) is 0.739. The summed E-state index contributed by atoms with van der Waals surface area (Å²) < 4.78 is 22.3. The van der Waals surface area contributed by atoms with Crippen LogP contribution < -0.4 is 4.72 Å². The van der Waals surface area contributed by atoms with Crippen LogP contribution in [0.4, 0.5) is 0 Å². The van der Waals surface area contributed by atoms with Gasteiger partial charge in [0.25, 0.3) is 0 Å². The van der Waals surface area contributed by atoms with Crippen molar-refractivity contribution in [2.24, 2.45) is 0 Å². The van der Waals surface area contributed by atoms with Crippen molar-refractivity contribution in [3.05, 3.63) is 34.3 Å². The average Bonchev–Trinajstić information content (AvgIpc) is 2.66. The molecule has 28 heavy (non-hydrogen) atoms. The van der Waals surface area contributed by atoms with Gasteiger partial charge in [0.05, 0.1) is 0 Å². The van der Waals surface area contributed by atoms with Crippen molar-refractivity contribution in [1.29, 1.82) is 0 Å². The fourth-order valence-electron chi connectivity index (χ4n) is 3.88. The molecule has 0 unspecified atom stereocenters. The number of nitrogens with one attached hydrogen (secondary N) is 1. The van der Waals surface area contributed by atoms with E-state index in [2.05, 4.69) is 86.5 Å². The standard InChI is InChI=1S/C11H15BrNOS.3C4H9.Sn/c1-11(2,3)15(14)13-8-9-4-6-10(12)7-5-9;3*1-3-4-2;/h4-8,13H,1-3H3;3*1,3-4H2,2H3;/t15-;;;;/m1..../s1. The van der Waals surface area contributed by atoms with E-state index < -0.39 is 29.4 Å². The normalized spacial score (nSPS) is 14.8. The molecule has 0 aromatic heterocycles. The Balaban J connectivity index is 3.43. The Bertz CT molecular complexity index is 563. The van der Waals surface area contributed by atoms with Crippen LogP contribution in [-0.2, 0) is 11.0 Å². The molecule has 0 fully saturated rings. The van der Waals surface area contributed by atoms with Gasteiger partial charge < -0.3 is 0 Å². The third-order valence-electron chi connectivity index (χ3n) is 5.68. The average molecular weight is 579 g/mol. The minimum absolute atomic E-state index is 0.245. The van der Waals surface area contributed by atoms with Gasteiger partial charge in [0.2, 0.25) is 0 Å². The van der Waals surface area contributed by atoms with E-state index in [1.54, 1.807) is 0 Å². The number of rotatable bonds is 13. The molecule has 0 aliphatic heterocycles. The van der Waals surface area contributed by atoms with Crippen LogP contribution in [0.5, 0.6) is 0 Å². The summed E-state index contributed by atoms with van der Waals surface area (Å²) in [6.45, 7) is 13.2. The molecular formula is C23H42BrNOSSn. The minimum atomic E-state index is -2.66. The quantitative estimate of drug-likeness (QED) is 0.237. The first-order valence-corrected chi connectivity index (χ1v) is 20.8. The summed E-state index contributed by atoms with van der Waals surface area (Å²) in [5.74, 6) is 0. The van der Waals surface area contributed by atoms with Crippen LogP contribution in [0.25, 0.3) is 0 Å².